The van der Waals surface area contributed by atoms with E-state index in [2.05, 4.69) is 16.0 Å². The smallest absolute Gasteiger partial charge is 0.367 e. The van der Waals surface area contributed by atoms with Gasteiger partial charge in [-0.25, -0.2) is 13.6 Å². The molecule has 2 aromatic rings. The minimum atomic E-state index is -4.32. The molecular formula is C24H24F5N5O3. The summed E-state index contributed by atoms with van der Waals surface area (Å²) in [7, 11) is 0. The highest BCUT2D eigenvalue weighted by Crippen LogP contribution is 2.37. The zero-order valence-electron chi connectivity index (χ0n) is 19.4. The number of rotatable bonds is 6. The lowest BCUT2D eigenvalue weighted by Crippen LogP contribution is -2.57. The van der Waals surface area contributed by atoms with Crippen molar-refractivity contribution in [3.05, 3.63) is 53.6 Å². The third-order valence-corrected chi connectivity index (χ3v) is 6.26. The lowest BCUT2D eigenvalue weighted by Gasteiger charge is -2.34. The quantitative estimate of drug-likeness (QED) is 0.431. The molecule has 0 radical (unpaired) electrons. The van der Waals surface area contributed by atoms with Crippen LogP contribution in [0, 0.1) is 17.6 Å². The Kier molecular flexibility index (Phi) is 7.50. The van der Waals surface area contributed by atoms with Crippen LogP contribution in [0.25, 0.3) is 0 Å². The number of carbonyl (C=O) groups is 3. The van der Waals surface area contributed by atoms with Gasteiger partial charge in [-0.15, -0.1) is 0 Å². The number of nitrogens with one attached hydrogen (secondary N) is 4. The lowest BCUT2D eigenvalue weighted by molar-refractivity contribution is -0.179. The average Bonchev–Trinajstić information content (AvgIpc) is 2.82. The van der Waals surface area contributed by atoms with Crippen LogP contribution in [0.3, 0.4) is 0 Å². The summed E-state index contributed by atoms with van der Waals surface area (Å²) in [6.07, 6.45) is -4.93. The molecule has 0 aliphatic carbocycles. The highest BCUT2D eigenvalue weighted by molar-refractivity contribution is 6.02. The standard InChI is InChI=1S/C24H24F5N5O3/c25-17-9-16(10-18(26)21(17)34-7-5-14(6-8-34)24(27,28)29)31-15-3-1-13(2-4-15)12-30-22(36)19-11-20(35)33-23(37)32-19/h1-4,9-10,14,19,31H,5-8,11-12H2,(H,30,36)(H2,32,33,35,37)/t19-/m0/s1. The number of piperidine rings is 1. The van der Waals surface area contributed by atoms with Crippen molar-refractivity contribution in [2.24, 2.45) is 5.92 Å². The fourth-order valence-corrected chi connectivity index (χ4v) is 4.32. The fraction of sp³-hybridized carbons (Fsp3) is 0.375. The molecule has 2 aromatic carbocycles. The van der Waals surface area contributed by atoms with Gasteiger partial charge in [0.1, 0.15) is 11.7 Å². The Morgan fingerprint density at radius 2 is 1.62 bits per heavy atom. The van der Waals surface area contributed by atoms with Crippen molar-refractivity contribution in [1.29, 1.82) is 0 Å². The van der Waals surface area contributed by atoms with Crippen LogP contribution in [0.1, 0.15) is 24.8 Å². The molecule has 4 rings (SSSR count). The first-order valence-electron chi connectivity index (χ1n) is 11.5. The van der Waals surface area contributed by atoms with Gasteiger partial charge in [-0.05, 0) is 42.7 Å². The zero-order valence-corrected chi connectivity index (χ0v) is 19.4. The molecule has 2 heterocycles. The summed E-state index contributed by atoms with van der Waals surface area (Å²) in [5.41, 5.74) is 0.976. The number of carbonyl (C=O) groups excluding carboxylic acids is 3. The number of alkyl halides is 3. The number of amides is 4. The van der Waals surface area contributed by atoms with E-state index in [0.29, 0.717) is 11.3 Å². The van der Waals surface area contributed by atoms with Crippen molar-refractivity contribution in [2.75, 3.05) is 23.3 Å². The van der Waals surface area contributed by atoms with Gasteiger partial charge >= 0.3 is 12.2 Å². The molecular weight excluding hydrogens is 501 g/mol. The van der Waals surface area contributed by atoms with E-state index >= 15 is 0 Å². The molecule has 1 atom stereocenters. The van der Waals surface area contributed by atoms with Crippen molar-refractivity contribution < 1.29 is 36.3 Å². The van der Waals surface area contributed by atoms with Crippen molar-refractivity contribution in [3.8, 4) is 0 Å². The van der Waals surface area contributed by atoms with Gasteiger partial charge in [0.25, 0.3) is 0 Å². The Balaban J connectivity index is 1.33. The summed E-state index contributed by atoms with van der Waals surface area (Å²) < 4.78 is 68.1. The first-order chi connectivity index (χ1) is 17.5. The highest BCUT2D eigenvalue weighted by atomic mass is 19.4. The molecule has 4 amide bonds. The van der Waals surface area contributed by atoms with Crippen molar-refractivity contribution in [3.63, 3.8) is 0 Å². The van der Waals surface area contributed by atoms with Gasteiger partial charge in [0.05, 0.1) is 12.3 Å². The summed E-state index contributed by atoms with van der Waals surface area (Å²) in [5.74, 6) is -4.29. The third-order valence-electron chi connectivity index (χ3n) is 6.26. The van der Waals surface area contributed by atoms with Crippen molar-refractivity contribution in [2.45, 2.75) is 38.0 Å². The normalized spacial score (nSPS) is 18.7. The van der Waals surface area contributed by atoms with Crippen LogP contribution in [-0.4, -0.2) is 43.2 Å². The maximum Gasteiger partial charge on any atom is 0.391 e. The zero-order chi connectivity index (χ0) is 26.7. The van der Waals surface area contributed by atoms with Crippen LogP contribution in [0.15, 0.2) is 36.4 Å². The maximum absolute atomic E-state index is 14.7. The van der Waals surface area contributed by atoms with Gasteiger partial charge in [-0.2, -0.15) is 13.2 Å². The molecule has 37 heavy (non-hydrogen) atoms. The minimum Gasteiger partial charge on any atom is -0.367 e. The molecule has 2 aliphatic heterocycles. The van der Waals surface area contributed by atoms with Crippen molar-refractivity contribution in [1.82, 2.24) is 16.0 Å². The highest BCUT2D eigenvalue weighted by Gasteiger charge is 2.41. The summed E-state index contributed by atoms with van der Waals surface area (Å²) in [6, 6.07) is 7.05. The largest absolute Gasteiger partial charge is 0.391 e. The molecule has 2 fully saturated rings. The number of anilines is 3. The molecule has 0 spiro atoms. The Hall–Kier alpha value is -3.90. The molecule has 13 heteroatoms. The second kappa shape index (κ2) is 10.6. The predicted octanol–water partition coefficient (Wildman–Crippen LogP) is 3.70. The Morgan fingerprint density at radius 1 is 1.00 bits per heavy atom. The first kappa shape index (κ1) is 26.2. The summed E-state index contributed by atoms with van der Waals surface area (Å²) >= 11 is 0. The van der Waals surface area contributed by atoms with E-state index in [-0.39, 0.29) is 50.3 Å². The van der Waals surface area contributed by atoms with Crippen molar-refractivity contribution >= 4 is 34.9 Å². The summed E-state index contributed by atoms with van der Waals surface area (Å²) in [6.45, 7) is -0.0672. The van der Waals surface area contributed by atoms with E-state index in [9.17, 15) is 36.3 Å². The first-order valence-corrected chi connectivity index (χ1v) is 11.5. The number of hydrogen-bond acceptors (Lipinski definition) is 5. The van der Waals surface area contributed by atoms with Gasteiger partial charge in [-0.3, -0.25) is 14.9 Å². The number of urea groups is 1. The number of benzene rings is 2. The van der Waals surface area contributed by atoms with E-state index in [1.54, 1.807) is 24.3 Å². The summed E-state index contributed by atoms with van der Waals surface area (Å²) in [4.78, 5) is 36.2. The van der Waals surface area contributed by atoms with E-state index in [1.807, 2.05) is 5.32 Å². The fourth-order valence-electron chi connectivity index (χ4n) is 4.32. The molecule has 8 nitrogen and oxygen atoms in total. The van der Waals surface area contributed by atoms with E-state index in [4.69, 9.17) is 0 Å². The molecule has 0 unspecified atom stereocenters. The summed E-state index contributed by atoms with van der Waals surface area (Å²) in [5, 5.41) is 9.88. The second-order valence-corrected chi connectivity index (χ2v) is 8.91. The lowest BCUT2D eigenvalue weighted by atomic mass is 9.96. The molecule has 0 aromatic heterocycles. The van der Waals surface area contributed by atoms with Crippen LogP contribution in [0.5, 0.6) is 0 Å². The predicted molar refractivity (Wildman–Crippen MR) is 124 cm³/mol. The number of hydrogen-bond donors (Lipinski definition) is 4. The molecule has 198 valence electrons. The molecule has 0 bridgehead atoms. The van der Waals surface area contributed by atoms with E-state index in [1.165, 1.54) is 4.90 Å². The number of imide groups is 1. The maximum atomic E-state index is 14.7. The minimum absolute atomic E-state index is 0.0941. The molecule has 4 N–H and O–H groups in total. The molecule has 2 saturated heterocycles. The van der Waals surface area contributed by atoms with Gasteiger partial charge in [0.2, 0.25) is 11.8 Å². The molecule has 2 aliphatic rings. The van der Waals surface area contributed by atoms with E-state index in [0.717, 1.165) is 12.1 Å². The number of nitrogens with zero attached hydrogens (tertiary/aromatic N) is 1. The topological polar surface area (TPSA) is 103 Å². The van der Waals surface area contributed by atoms with Gasteiger partial charge in [0.15, 0.2) is 11.6 Å². The van der Waals surface area contributed by atoms with Crippen LogP contribution in [0.2, 0.25) is 0 Å². The van der Waals surface area contributed by atoms with E-state index < -0.39 is 47.6 Å². The monoisotopic (exact) mass is 525 g/mol. The van der Waals surface area contributed by atoms with Crippen LogP contribution < -0.4 is 26.2 Å². The van der Waals surface area contributed by atoms with Gasteiger partial charge < -0.3 is 20.9 Å². The van der Waals surface area contributed by atoms with Crippen LogP contribution >= 0.6 is 0 Å². The van der Waals surface area contributed by atoms with Gasteiger partial charge in [0, 0.05) is 31.0 Å². The number of halogens is 5. The van der Waals surface area contributed by atoms with Crippen LogP contribution in [-0.2, 0) is 16.1 Å². The van der Waals surface area contributed by atoms with Gasteiger partial charge in [-0.1, -0.05) is 12.1 Å². The Bertz CT molecular complexity index is 1140. The SMILES string of the molecule is O=C1C[C@@H](C(=O)NCc2ccc(Nc3cc(F)c(N4CCC(C(F)(F)F)CC4)c(F)c3)cc2)NC(=O)N1. The van der Waals surface area contributed by atoms with Crippen LogP contribution in [0.4, 0.5) is 43.8 Å². The average molecular weight is 525 g/mol. The third kappa shape index (κ3) is 6.46. The molecule has 0 saturated carbocycles. The Labute approximate surface area is 208 Å². The second-order valence-electron chi connectivity index (χ2n) is 8.91. The Morgan fingerprint density at radius 3 is 2.19 bits per heavy atom.